The van der Waals surface area contributed by atoms with Crippen molar-refractivity contribution in [3.05, 3.63) is 22.9 Å². The SMILES string of the molecule is NC(N)=S.c1ccsc1. The molecule has 0 amide bonds. The molecule has 0 spiro atoms. The van der Waals surface area contributed by atoms with E-state index in [0.717, 1.165) is 0 Å². The molecule has 2 nitrogen and oxygen atoms in total. The molecule has 0 atom stereocenters. The first kappa shape index (κ1) is 8.39. The Morgan fingerprint density at radius 3 is 1.67 bits per heavy atom. The lowest BCUT2D eigenvalue weighted by molar-refractivity contribution is 1.65. The fourth-order valence-corrected chi connectivity index (χ4v) is 0.680. The van der Waals surface area contributed by atoms with Crippen LogP contribution in [0.15, 0.2) is 22.9 Å². The second-order valence-electron chi connectivity index (χ2n) is 1.20. The molecule has 0 aromatic carbocycles. The zero-order chi connectivity index (χ0) is 7.11. The Labute approximate surface area is 63.5 Å². The molecule has 1 aromatic rings. The van der Waals surface area contributed by atoms with Crippen LogP contribution in [0, 0.1) is 0 Å². The van der Waals surface area contributed by atoms with Crippen molar-refractivity contribution in [1.29, 1.82) is 0 Å². The summed E-state index contributed by atoms with van der Waals surface area (Å²) in [6.45, 7) is 0. The highest BCUT2D eigenvalue weighted by molar-refractivity contribution is 7.80. The summed E-state index contributed by atoms with van der Waals surface area (Å²) in [6.07, 6.45) is 0. The normalized spacial score (nSPS) is 7.11. The summed E-state index contributed by atoms with van der Waals surface area (Å²) in [6, 6.07) is 4.04. The van der Waals surface area contributed by atoms with E-state index in [1.54, 1.807) is 11.3 Å². The molecule has 1 heterocycles. The van der Waals surface area contributed by atoms with Crippen molar-refractivity contribution in [2.24, 2.45) is 11.5 Å². The lowest BCUT2D eigenvalue weighted by Gasteiger charge is -1.68. The first-order valence-corrected chi connectivity index (χ1v) is 3.60. The van der Waals surface area contributed by atoms with Gasteiger partial charge in [-0.2, -0.15) is 11.3 Å². The van der Waals surface area contributed by atoms with Gasteiger partial charge in [0, 0.05) is 0 Å². The highest BCUT2D eigenvalue weighted by Gasteiger charge is 1.58. The van der Waals surface area contributed by atoms with Crippen molar-refractivity contribution in [1.82, 2.24) is 0 Å². The molecule has 0 saturated carbocycles. The van der Waals surface area contributed by atoms with Crippen molar-refractivity contribution in [3.63, 3.8) is 0 Å². The highest BCUT2D eigenvalue weighted by Crippen LogP contribution is 1.91. The molecule has 0 saturated heterocycles. The lowest BCUT2D eigenvalue weighted by Crippen LogP contribution is -2.18. The quantitative estimate of drug-likeness (QED) is 0.555. The molecule has 9 heavy (non-hydrogen) atoms. The average Bonchev–Trinajstić information content (AvgIpc) is 2.11. The van der Waals surface area contributed by atoms with Gasteiger partial charge in [-0.15, -0.1) is 0 Å². The van der Waals surface area contributed by atoms with E-state index in [1.807, 2.05) is 22.9 Å². The Balaban J connectivity index is 0.000000148. The van der Waals surface area contributed by atoms with E-state index in [1.165, 1.54) is 0 Å². The van der Waals surface area contributed by atoms with E-state index >= 15 is 0 Å². The second kappa shape index (κ2) is 5.53. The first-order chi connectivity index (χ1) is 4.23. The largest absolute Gasteiger partial charge is 0.377 e. The third-order valence-electron chi connectivity index (χ3n) is 0.425. The van der Waals surface area contributed by atoms with Crippen LogP contribution in [-0.2, 0) is 0 Å². The van der Waals surface area contributed by atoms with Crippen molar-refractivity contribution in [3.8, 4) is 0 Å². The van der Waals surface area contributed by atoms with Gasteiger partial charge in [0.15, 0.2) is 5.11 Å². The number of nitrogens with two attached hydrogens (primary N) is 2. The van der Waals surface area contributed by atoms with Gasteiger partial charge in [0.2, 0.25) is 0 Å². The molecule has 0 bridgehead atoms. The van der Waals surface area contributed by atoms with Gasteiger partial charge in [-0.1, -0.05) is 12.1 Å². The molecule has 0 aliphatic rings. The summed E-state index contributed by atoms with van der Waals surface area (Å²) >= 11 is 5.81. The number of hydrogen-bond donors (Lipinski definition) is 2. The van der Waals surface area contributed by atoms with Crippen LogP contribution in [0.2, 0.25) is 0 Å². The Morgan fingerprint density at radius 1 is 1.22 bits per heavy atom. The van der Waals surface area contributed by atoms with Gasteiger partial charge < -0.3 is 11.5 Å². The topological polar surface area (TPSA) is 52.0 Å². The number of thiocarbonyl (C=S) groups is 1. The fraction of sp³-hybridized carbons (Fsp3) is 0. The van der Waals surface area contributed by atoms with Gasteiger partial charge in [0.05, 0.1) is 0 Å². The Bertz CT molecular complexity index is 127. The second-order valence-corrected chi connectivity index (χ2v) is 2.48. The lowest BCUT2D eigenvalue weighted by atomic mass is 10.7. The Hall–Kier alpha value is -0.610. The van der Waals surface area contributed by atoms with Crippen molar-refractivity contribution < 1.29 is 0 Å². The van der Waals surface area contributed by atoms with Crippen LogP contribution in [0.25, 0.3) is 0 Å². The van der Waals surface area contributed by atoms with Crippen LogP contribution in [0.3, 0.4) is 0 Å². The van der Waals surface area contributed by atoms with Gasteiger partial charge in [-0.05, 0) is 23.0 Å². The molecule has 0 aliphatic heterocycles. The molecule has 4 N–H and O–H groups in total. The highest BCUT2D eigenvalue weighted by atomic mass is 32.1. The Morgan fingerprint density at radius 2 is 1.56 bits per heavy atom. The monoisotopic (exact) mass is 160 g/mol. The fourth-order valence-electron chi connectivity index (χ4n) is 0.227. The van der Waals surface area contributed by atoms with Crippen molar-refractivity contribution in [2.45, 2.75) is 0 Å². The van der Waals surface area contributed by atoms with Crippen LogP contribution in [0.5, 0.6) is 0 Å². The number of thiophene rings is 1. The van der Waals surface area contributed by atoms with Gasteiger partial charge in [-0.25, -0.2) is 0 Å². The van der Waals surface area contributed by atoms with Crippen LogP contribution < -0.4 is 11.5 Å². The predicted octanol–water partition coefficient (Wildman–Crippen LogP) is 0.937. The maximum atomic E-state index is 4.62. The van der Waals surface area contributed by atoms with Crippen LogP contribution in [-0.4, -0.2) is 5.11 Å². The van der Waals surface area contributed by atoms with E-state index in [0.29, 0.717) is 0 Å². The third kappa shape index (κ3) is 11.1. The molecule has 50 valence electrons. The Kier molecular flexibility index (Phi) is 5.15. The first-order valence-electron chi connectivity index (χ1n) is 2.25. The predicted molar refractivity (Wildman–Crippen MR) is 45.3 cm³/mol. The van der Waals surface area contributed by atoms with Crippen LogP contribution >= 0.6 is 23.6 Å². The molecular weight excluding hydrogens is 152 g/mol. The summed E-state index contributed by atoms with van der Waals surface area (Å²) < 4.78 is 0. The van der Waals surface area contributed by atoms with Gasteiger partial charge >= 0.3 is 0 Å². The molecule has 4 heteroatoms. The molecule has 1 aromatic heterocycles. The van der Waals surface area contributed by atoms with Gasteiger partial charge in [-0.3, -0.25) is 0 Å². The van der Waals surface area contributed by atoms with Crippen LogP contribution in [0.1, 0.15) is 0 Å². The molecule has 0 aliphatic carbocycles. The molecule has 0 unspecified atom stereocenters. The minimum Gasteiger partial charge on any atom is -0.377 e. The van der Waals surface area contributed by atoms with E-state index in [2.05, 4.69) is 23.7 Å². The maximum absolute atomic E-state index is 4.62. The molecule has 1 rings (SSSR count). The molecular formula is C5H8N2S2. The summed E-state index contributed by atoms with van der Waals surface area (Å²) in [7, 11) is 0. The summed E-state index contributed by atoms with van der Waals surface area (Å²) in [5.74, 6) is 0. The average molecular weight is 160 g/mol. The zero-order valence-electron chi connectivity index (χ0n) is 4.78. The van der Waals surface area contributed by atoms with Crippen molar-refractivity contribution in [2.75, 3.05) is 0 Å². The van der Waals surface area contributed by atoms with E-state index in [4.69, 9.17) is 0 Å². The summed E-state index contributed by atoms with van der Waals surface area (Å²) in [5.41, 5.74) is 9.24. The minimum absolute atomic E-state index is 0.000000000000000222. The summed E-state index contributed by atoms with van der Waals surface area (Å²) in [5, 5.41) is 4.08. The third-order valence-corrected chi connectivity index (χ3v) is 1.05. The van der Waals surface area contributed by atoms with E-state index in [-0.39, 0.29) is 5.11 Å². The smallest absolute Gasteiger partial charge is 0.160 e. The maximum Gasteiger partial charge on any atom is 0.160 e. The van der Waals surface area contributed by atoms with Gasteiger partial charge in [0.1, 0.15) is 0 Å². The number of hydrogen-bond acceptors (Lipinski definition) is 2. The standard InChI is InChI=1S/C4H4S.CH4N2S/c1-2-4-5-3-1;2-1(3)4/h1-4H;(H4,2,3,4). The van der Waals surface area contributed by atoms with E-state index in [9.17, 15) is 0 Å². The molecule has 0 fully saturated rings. The summed E-state index contributed by atoms with van der Waals surface area (Å²) in [4.78, 5) is 0. The zero-order valence-corrected chi connectivity index (χ0v) is 6.41. The molecule has 0 radical (unpaired) electrons. The van der Waals surface area contributed by atoms with Crippen LogP contribution in [0.4, 0.5) is 0 Å². The minimum atomic E-state index is 0.000000000000000222. The van der Waals surface area contributed by atoms with Gasteiger partial charge in [0.25, 0.3) is 0 Å². The van der Waals surface area contributed by atoms with Crippen molar-refractivity contribution >= 4 is 28.7 Å². The van der Waals surface area contributed by atoms with E-state index < -0.39 is 0 Å². The number of rotatable bonds is 0.